The minimum atomic E-state index is -1.22. The molecule has 20 heavy (non-hydrogen) atoms. The van der Waals surface area contributed by atoms with Gasteiger partial charge in [-0.25, -0.2) is 4.98 Å². The largest absolute Gasteiger partial charge is 0.480 e. The monoisotopic (exact) mass is 280 g/mol. The lowest BCUT2D eigenvalue weighted by Crippen LogP contribution is -2.50. The first-order valence-corrected chi connectivity index (χ1v) is 6.70. The Morgan fingerprint density at radius 2 is 2.35 bits per heavy atom. The van der Waals surface area contributed by atoms with E-state index in [1.165, 1.54) is 0 Å². The maximum atomic E-state index is 11.2. The normalized spacial score (nSPS) is 22.1. The molecule has 0 saturated carbocycles. The van der Waals surface area contributed by atoms with Gasteiger partial charge in [-0.2, -0.15) is 4.98 Å². The van der Waals surface area contributed by atoms with Crippen molar-refractivity contribution in [2.24, 2.45) is 5.73 Å². The van der Waals surface area contributed by atoms with Crippen molar-refractivity contribution in [3.05, 3.63) is 11.8 Å². The summed E-state index contributed by atoms with van der Waals surface area (Å²) in [6.45, 7) is 5.20. The van der Waals surface area contributed by atoms with Gasteiger partial charge in [0.2, 0.25) is 11.8 Å². The summed E-state index contributed by atoms with van der Waals surface area (Å²) in [5, 5.41) is 9.15. The zero-order chi connectivity index (χ0) is 14.8. The summed E-state index contributed by atoms with van der Waals surface area (Å²) in [6.07, 6.45) is 1.28. The second kappa shape index (κ2) is 5.62. The van der Waals surface area contributed by atoms with E-state index in [9.17, 15) is 4.79 Å². The van der Waals surface area contributed by atoms with E-state index in [1.54, 1.807) is 11.0 Å². The minimum absolute atomic E-state index is 0.207. The number of anilines is 1. The third-order valence-electron chi connectivity index (χ3n) is 3.28. The Balaban J connectivity index is 2.17. The van der Waals surface area contributed by atoms with Crippen LogP contribution in [0.5, 0.6) is 5.88 Å². The van der Waals surface area contributed by atoms with Crippen LogP contribution in [0.3, 0.4) is 0 Å². The van der Waals surface area contributed by atoms with Crippen LogP contribution in [0.15, 0.2) is 6.07 Å². The standard InChI is InChI=1S/C13H20N4O3/c1-3-6-20-10-7-9(2)15-12(16-10)17-5-4-13(14,8-17)11(18)19/h7H,3-6,8,14H2,1-2H3,(H,18,19). The van der Waals surface area contributed by atoms with Gasteiger partial charge in [0, 0.05) is 24.8 Å². The van der Waals surface area contributed by atoms with Crippen molar-refractivity contribution in [1.29, 1.82) is 0 Å². The highest BCUT2D eigenvalue weighted by Gasteiger charge is 2.42. The van der Waals surface area contributed by atoms with Crippen molar-refractivity contribution < 1.29 is 14.6 Å². The molecule has 1 fully saturated rings. The molecule has 7 heteroatoms. The zero-order valence-corrected chi connectivity index (χ0v) is 11.8. The van der Waals surface area contributed by atoms with Gasteiger partial charge in [-0.05, 0) is 19.8 Å². The minimum Gasteiger partial charge on any atom is -0.480 e. The molecule has 1 aliphatic rings. The number of ether oxygens (including phenoxy) is 1. The Kier molecular flexibility index (Phi) is 4.08. The number of nitrogens with zero attached hydrogens (tertiary/aromatic N) is 3. The summed E-state index contributed by atoms with van der Waals surface area (Å²) < 4.78 is 5.51. The number of carboxylic acid groups (broad SMARTS) is 1. The number of aliphatic carboxylic acids is 1. The van der Waals surface area contributed by atoms with Gasteiger partial charge >= 0.3 is 5.97 Å². The van der Waals surface area contributed by atoms with Crippen molar-refractivity contribution in [1.82, 2.24) is 9.97 Å². The molecule has 0 amide bonds. The Hall–Kier alpha value is -1.89. The number of nitrogens with two attached hydrogens (primary N) is 1. The van der Waals surface area contributed by atoms with E-state index >= 15 is 0 Å². The molecule has 0 aromatic carbocycles. The lowest BCUT2D eigenvalue weighted by atomic mass is 10.0. The number of aromatic nitrogens is 2. The molecule has 1 aliphatic heterocycles. The highest BCUT2D eigenvalue weighted by Crippen LogP contribution is 2.24. The van der Waals surface area contributed by atoms with Gasteiger partial charge < -0.3 is 20.5 Å². The molecule has 1 atom stereocenters. The van der Waals surface area contributed by atoms with Crippen molar-refractivity contribution >= 4 is 11.9 Å². The molecule has 3 N–H and O–H groups in total. The van der Waals surface area contributed by atoms with Crippen molar-refractivity contribution in [2.45, 2.75) is 32.2 Å². The molecule has 0 spiro atoms. The van der Waals surface area contributed by atoms with Gasteiger partial charge in [0.1, 0.15) is 5.54 Å². The number of rotatable bonds is 5. The number of hydrogen-bond donors (Lipinski definition) is 2. The number of hydrogen-bond acceptors (Lipinski definition) is 6. The van der Waals surface area contributed by atoms with E-state index in [1.807, 2.05) is 13.8 Å². The van der Waals surface area contributed by atoms with E-state index < -0.39 is 11.5 Å². The fourth-order valence-electron chi connectivity index (χ4n) is 2.12. The maximum Gasteiger partial charge on any atom is 0.325 e. The summed E-state index contributed by atoms with van der Waals surface area (Å²) in [5.41, 5.74) is 5.42. The molecule has 7 nitrogen and oxygen atoms in total. The van der Waals surface area contributed by atoms with Gasteiger partial charge in [0.15, 0.2) is 0 Å². The fourth-order valence-corrected chi connectivity index (χ4v) is 2.12. The number of carbonyl (C=O) groups is 1. The Morgan fingerprint density at radius 1 is 1.60 bits per heavy atom. The average molecular weight is 280 g/mol. The highest BCUT2D eigenvalue weighted by molar-refractivity contribution is 5.80. The first-order valence-electron chi connectivity index (χ1n) is 6.70. The van der Waals surface area contributed by atoms with Gasteiger partial charge in [-0.3, -0.25) is 4.79 Å². The van der Waals surface area contributed by atoms with E-state index in [0.29, 0.717) is 31.4 Å². The SMILES string of the molecule is CCCOc1cc(C)nc(N2CCC(N)(C(=O)O)C2)n1. The summed E-state index contributed by atoms with van der Waals surface area (Å²) in [7, 11) is 0. The van der Waals surface area contributed by atoms with Crippen LogP contribution in [-0.2, 0) is 4.79 Å². The molecule has 0 bridgehead atoms. The molecule has 2 heterocycles. The molecule has 1 unspecified atom stereocenters. The molecule has 0 radical (unpaired) electrons. The van der Waals surface area contributed by atoms with Gasteiger partial charge in [0.05, 0.1) is 6.61 Å². The van der Waals surface area contributed by atoms with Gasteiger partial charge in [0.25, 0.3) is 0 Å². The third-order valence-corrected chi connectivity index (χ3v) is 3.28. The van der Waals surface area contributed by atoms with Crippen molar-refractivity contribution in [3.63, 3.8) is 0 Å². The third kappa shape index (κ3) is 2.98. The summed E-state index contributed by atoms with van der Waals surface area (Å²) >= 11 is 0. The lowest BCUT2D eigenvalue weighted by Gasteiger charge is -2.20. The van der Waals surface area contributed by atoms with E-state index in [0.717, 1.165) is 12.1 Å². The Morgan fingerprint density at radius 3 is 2.95 bits per heavy atom. The van der Waals surface area contributed by atoms with Crippen LogP contribution in [0.25, 0.3) is 0 Å². The van der Waals surface area contributed by atoms with E-state index in [2.05, 4.69) is 9.97 Å². The second-order valence-electron chi connectivity index (χ2n) is 5.13. The van der Waals surface area contributed by atoms with Crippen LogP contribution >= 0.6 is 0 Å². The fraction of sp³-hybridized carbons (Fsp3) is 0.615. The smallest absolute Gasteiger partial charge is 0.325 e. The highest BCUT2D eigenvalue weighted by atomic mass is 16.5. The van der Waals surface area contributed by atoms with Crippen LogP contribution in [0.4, 0.5) is 5.95 Å². The first-order chi connectivity index (χ1) is 9.44. The molecule has 1 aromatic heterocycles. The van der Waals surface area contributed by atoms with Crippen LogP contribution in [0.2, 0.25) is 0 Å². The predicted octanol–water partition coefficient (Wildman–Crippen LogP) is 0.566. The van der Waals surface area contributed by atoms with Crippen LogP contribution in [0, 0.1) is 6.92 Å². The lowest BCUT2D eigenvalue weighted by molar-refractivity contribution is -0.142. The first kappa shape index (κ1) is 14.5. The Bertz CT molecular complexity index is 508. The molecule has 110 valence electrons. The molecular weight excluding hydrogens is 260 g/mol. The molecule has 2 rings (SSSR count). The van der Waals surface area contributed by atoms with E-state index in [4.69, 9.17) is 15.6 Å². The van der Waals surface area contributed by atoms with Crippen LogP contribution < -0.4 is 15.4 Å². The van der Waals surface area contributed by atoms with Crippen LogP contribution in [-0.4, -0.2) is 46.3 Å². The quantitative estimate of drug-likeness (QED) is 0.812. The number of carboxylic acids is 1. The van der Waals surface area contributed by atoms with Gasteiger partial charge in [-0.15, -0.1) is 0 Å². The van der Waals surface area contributed by atoms with Crippen molar-refractivity contribution in [3.8, 4) is 5.88 Å². The average Bonchev–Trinajstić information content (AvgIpc) is 2.80. The zero-order valence-electron chi connectivity index (χ0n) is 11.8. The predicted molar refractivity (Wildman–Crippen MR) is 73.9 cm³/mol. The van der Waals surface area contributed by atoms with E-state index in [-0.39, 0.29) is 6.54 Å². The molecular formula is C13H20N4O3. The topological polar surface area (TPSA) is 102 Å². The van der Waals surface area contributed by atoms with Crippen LogP contribution in [0.1, 0.15) is 25.5 Å². The summed E-state index contributed by atoms with van der Waals surface area (Å²) in [4.78, 5) is 21.6. The second-order valence-corrected chi connectivity index (χ2v) is 5.13. The summed E-state index contributed by atoms with van der Waals surface area (Å²) in [5.74, 6) is -0.000941. The molecule has 0 aliphatic carbocycles. The maximum absolute atomic E-state index is 11.2. The molecule has 1 aromatic rings. The summed E-state index contributed by atoms with van der Waals surface area (Å²) in [6, 6.07) is 1.77. The van der Waals surface area contributed by atoms with Gasteiger partial charge in [-0.1, -0.05) is 6.92 Å². The number of aryl methyl sites for hydroxylation is 1. The molecule has 1 saturated heterocycles. The Labute approximate surface area is 117 Å². The van der Waals surface area contributed by atoms with Crippen molar-refractivity contribution in [2.75, 3.05) is 24.6 Å².